The van der Waals surface area contributed by atoms with Crippen molar-refractivity contribution in [1.29, 1.82) is 0 Å². The van der Waals surface area contributed by atoms with Crippen molar-refractivity contribution < 1.29 is 18.8 Å². The normalized spacial score (nSPS) is 14.1. The Balaban J connectivity index is 1.50. The van der Waals surface area contributed by atoms with Gasteiger partial charge in [-0.2, -0.15) is 0 Å². The molecule has 216 valence electrons. The lowest BCUT2D eigenvalue weighted by Gasteiger charge is -2.38. The standard InChI is InChI=1S/C33H39FN4O3/c1-4-28(25-8-6-5-7-9-25)33(41)38-18-16-37(17-19-38)30-15-14-27(36-31(39)20-23(2)3)21-29(30)32(40)35-22-24-10-12-26(34)13-11-24/h5-15,21,23,28H,4,16-20,22H2,1-3H3,(H,35,40)(H,36,39). The quantitative estimate of drug-likeness (QED) is 0.340. The van der Waals surface area contributed by atoms with Gasteiger partial charge in [0.05, 0.1) is 11.5 Å². The Morgan fingerprint density at radius 3 is 2.22 bits per heavy atom. The van der Waals surface area contributed by atoms with Gasteiger partial charge in [-0.15, -0.1) is 0 Å². The van der Waals surface area contributed by atoms with E-state index in [-0.39, 0.29) is 41.9 Å². The number of carbonyl (C=O) groups is 3. The van der Waals surface area contributed by atoms with E-state index in [9.17, 15) is 18.8 Å². The highest BCUT2D eigenvalue weighted by atomic mass is 19.1. The number of piperazine rings is 1. The van der Waals surface area contributed by atoms with Crippen LogP contribution in [0.2, 0.25) is 0 Å². The molecular formula is C33H39FN4O3. The third kappa shape index (κ3) is 7.93. The maximum atomic E-state index is 13.4. The predicted molar refractivity (Wildman–Crippen MR) is 160 cm³/mol. The van der Waals surface area contributed by atoms with E-state index in [1.807, 2.05) is 68.1 Å². The van der Waals surface area contributed by atoms with Crippen LogP contribution in [0.25, 0.3) is 0 Å². The van der Waals surface area contributed by atoms with Crippen LogP contribution in [0, 0.1) is 11.7 Å². The summed E-state index contributed by atoms with van der Waals surface area (Å²) in [6.07, 6.45) is 1.11. The zero-order chi connectivity index (χ0) is 29.4. The van der Waals surface area contributed by atoms with Crippen LogP contribution in [0.15, 0.2) is 72.8 Å². The lowest BCUT2D eigenvalue weighted by atomic mass is 9.94. The molecule has 0 saturated carbocycles. The van der Waals surface area contributed by atoms with Gasteiger partial charge in [-0.25, -0.2) is 4.39 Å². The molecule has 1 unspecified atom stereocenters. The monoisotopic (exact) mass is 558 g/mol. The number of hydrogen-bond acceptors (Lipinski definition) is 4. The van der Waals surface area contributed by atoms with Gasteiger partial charge in [0.15, 0.2) is 0 Å². The molecule has 3 aromatic carbocycles. The molecule has 0 aliphatic carbocycles. The van der Waals surface area contributed by atoms with Crippen LogP contribution in [0.5, 0.6) is 0 Å². The predicted octanol–water partition coefficient (Wildman–Crippen LogP) is 5.58. The van der Waals surface area contributed by atoms with Crippen molar-refractivity contribution in [1.82, 2.24) is 10.2 Å². The van der Waals surface area contributed by atoms with Crippen LogP contribution in [-0.2, 0) is 16.1 Å². The Hall–Kier alpha value is -4.20. The molecule has 4 rings (SSSR count). The minimum absolute atomic E-state index is 0.110. The first-order chi connectivity index (χ1) is 19.7. The summed E-state index contributed by atoms with van der Waals surface area (Å²) in [5.74, 6) is -0.581. The minimum atomic E-state index is -0.334. The van der Waals surface area contributed by atoms with Crippen molar-refractivity contribution in [3.8, 4) is 0 Å². The van der Waals surface area contributed by atoms with Crippen molar-refractivity contribution in [2.45, 2.75) is 46.1 Å². The molecule has 1 fully saturated rings. The van der Waals surface area contributed by atoms with Gasteiger partial charge < -0.3 is 20.4 Å². The van der Waals surface area contributed by atoms with Crippen molar-refractivity contribution in [3.05, 3.63) is 95.3 Å². The van der Waals surface area contributed by atoms with Crippen LogP contribution in [0.3, 0.4) is 0 Å². The molecule has 1 saturated heterocycles. The van der Waals surface area contributed by atoms with E-state index >= 15 is 0 Å². The molecule has 1 atom stereocenters. The molecule has 41 heavy (non-hydrogen) atoms. The number of rotatable bonds is 10. The molecule has 0 aromatic heterocycles. The van der Waals surface area contributed by atoms with Gasteiger partial charge in [-0.1, -0.05) is 63.2 Å². The van der Waals surface area contributed by atoms with Crippen LogP contribution in [0.1, 0.15) is 61.0 Å². The van der Waals surface area contributed by atoms with Crippen LogP contribution in [0.4, 0.5) is 15.8 Å². The molecule has 0 bridgehead atoms. The lowest BCUT2D eigenvalue weighted by Crippen LogP contribution is -2.50. The van der Waals surface area contributed by atoms with Crippen LogP contribution >= 0.6 is 0 Å². The molecule has 0 spiro atoms. The van der Waals surface area contributed by atoms with E-state index < -0.39 is 0 Å². The Bertz CT molecular complexity index is 1340. The second kappa shape index (κ2) is 13.9. The average molecular weight is 559 g/mol. The summed E-state index contributed by atoms with van der Waals surface area (Å²) < 4.78 is 13.3. The summed E-state index contributed by atoms with van der Waals surface area (Å²) in [4.78, 5) is 43.3. The number of anilines is 2. The lowest BCUT2D eigenvalue weighted by molar-refractivity contribution is -0.133. The van der Waals surface area contributed by atoms with Crippen molar-refractivity contribution in [2.24, 2.45) is 5.92 Å². The Morgan fingerprint density at radius 1 is 0.902 bits per heavy atom. The number of nitrogens with zero attached hydrogens (tertiary/aromatic N) is 2. The summed E-state index contributed by atoms with van der Waals surface area (Å²) in [5.41, 5.74) is 3.53. The molecular weight excluding hydrogens is 519 g/mol. The largest absolute Gasteiger partial charge is 0.367 e. The van der Waals surface area contributed by atoms with E-state index in [0.717, 1.165) is 23.2 Å². The minimum Gasteiger partial charge on any atom is -0.367 e. The van der Waals surface area contributed by atoms with Crippen molar-refractivity contribution >= 4 is 29.1 Å². The molecule has 1 aliphatic heterocycles. The van der Waals surface area contributed by atoms with Gasteiger partial charge in [-0.3, -0.25) is 14.4 Å². The van der Waals surface area contributed by atoms with Gasteiger partial charge in [0.25, 0.3) is 5.91 Å². The fraction of sp³-hybridized carbons (Fsp3) is 0.364. The average Bonchev–Trinajstić information content (AvgIpc) is 2.97. The summed E-state index contributed by atoms with van der Waals surface area (Å²) in [6, 6.07) is 21.2. The number of hydrogen-bond donors (Lipinski definition) is 2. The van der Waals surface area contributed by atoms with E-state index in [2.05, 4.69) is 15.5 Å². The number of nitrogens with one attached hydrogen (secondary N) is 2. The highest BCUT2D eigenvalue weighted by Gasteiger charge is 2.29. The van der Waals surface area contributed by atoms with E-state index in [4.69, 9.17) is 0 Å². The van der Waals surface area contributed by atoms with E-state index in [0.29, 0.717) is 43.9 Å². The highest BCUT2D eigenvalue weighted by Crippen LogP contribution is 2.28. The van der Waals surface area contributed by atoms with Crippen molar-refractivity contribution in [3.63, 3.8) is 0 Å². The first-order valence-corrected chi connectivity index (χ1v) is 14.3. The topological polar surface area (TPSA) is 81.8 Å². The van der Waals surface area contributed by atoms with Gasteiger partial charge in [0, 0.05) is 50.5 Å². The molecule has 3 aromatic rings. The third-order valence-electron chi connectivity index (χ3n) is 7.33. The zero-order valence-electron chi connectivity index (χ0n) is 24.0. The summed E-state index contributed by atoms with van der Waals surface area (Å²) in [5, 5.41) is 5.83. The molecule has 8 heteroatoms. The number of benzene rings is 3. The third-order valence-corrected chi connectivity index (χ3v) is 7.33. The Labute approximate surface area is 241 Å². The summed E-state index contributed by atoms with van der Waals surface area (Å²) in [6.45, 7) is 8.47. The van der Waals surface area contributed by atoms with Gasteiger partial charge in [-0.05, 0) is 53.8 Å². The molecule has 2 N–H and O–H groups in total. The number of amides is 3. The highest BCUT2D eigenvalue weighted by molar-refractivity contribution is 6.02. The second-order valence-electron chi connectivity index (χ2n) is 10.9. The summed E-state index contributed by atoms with van der Waals surface area (Å²) in [7, 11) is 0. The molecule has 7 nitrogen and oxygen atoms in total. The molecule has 1 aliphatic rings. The smallest absolute Gasteiger partial charge is 0.253 e. The number of carbonyl (C=O) groups excluding carboxylic acids is 3. The molecule has 1 heterocycles. The zero-order valence-corrected chi connectivity index (χ0v) is 24.0. The molecule has 0 radical (unpaired) electrons. The fourth-order valence-electron chi connectivity index (χ4n) is 5.16. The van der Waals surface area contributed by atoms with E-state index in [1.165, 1.54) is 12.1 Å². The molecule has 3 amide bonds. The maximum absolute atomic E-state index is 13.4. The Kier molecular flexibility index (Phi) is 10.1. The first-order valence-electron chi connectivity index (χ1n) is 14.3. The van der Waals surface area contributed by atoms with Gasteiger partial charge in [0.2, 0.25) is 11.8 Å². The van der Waals surface area contributed by atoms with Gasteiger partial charge >= 0.3 is 0 Å². The second-order valence-corrected chi connectivity index (χ2v) is 10.9. The number of halogens is 1. The van der Waals surface area contributed by atoms with Crippen LogP contribution < -0.4 is 15.5 Å². The fourth-order valence-corrected chi connectivity index (χ4v) is 5.16. The van der Waals surface area contributed by atoms with E-state index in [1.54, 1.807) is 18.2 Å². The summed E-state index contributed by atoms with van der Waals surface area (Å²) >= 11 is 0. The SMILES string of the molecule is CCC(C(=O)N1CCN(c2ccc(NC(=O)CC(C)C)cc2C(=O)NCc2ccc(F)cc2)CC1)c1ccccc1. The first kappa shape index (κ1) is 29.8. The maximum Gasteiger partial charge on any atom is 0.253 e. The Morgan fingerprint density at radius 2 is 1.59 bits per heavy atom. The van der Waals surface area contributed by atoms with Gasteiger partial charge in [0.1, 0.15) is 5.82 Å². The van der Waals surface area contributed by atoms with Crippen molar-refractivity contribution in [2.75, 3.05) is 36.4 Å². The van der Waals surface area contributed by atoms with Crippen LogP contribution in [-0.4, -0.2) is 48.8 Å².